The minimum Gasteiger partial charge on any atom is -0.462 e. The number of carbonyl (C=O) groups excluding carboxylic acids is 2. The molecule has 0 fully saturated rings. The van der Waals surface area contributed by atoms with Crippen LogP contribution in [0, 0.1) is 0 Å². The van der Waals surface area contributed by atoms with E-state index < -0.39 is 18.2 Å². The van der Waals surface area contributed by atoms with Crippen molar-refractivity contribution in [2.75, 3.05) is 6.61 Å². The van der Waals surface area contributed by atoms with E-state index in [2.05, 4.69) is 86.8 Å². The van der Waals surface area contributed by atoms with Crippen LogP contribution in [0.3, 0.4) is 0 Å². The van der Waals surface area contributed by atoms with Gasteiger partial charge < -0.3 is 20.3 Å². The van der Waals surface area contributed by atoms with Gasteiger partial charge in [0.1, 0.15) is 6.10 Å². The zero-order chi connectivity index (χ0) is 51.6. The molecule has 0 heterocycles. The number of hydrogen-bond donors (Lipinski definition) is 3. The Balaban J connectivity index is 4.61. The molecule has 414 valence electrons. The number of aliphatic hydroxyl groups excluding tert-OH is 2. The van der Waals surface area contributed by atoms with Gasteiger partial charge in [0.25, 0.3) is 0 Å². The van der Waals surface area contributed by atoms with Crippen LogP contribution in [0.5, 0.6) is 0 Å². The SMILES string of the molecule is CCCCC/C=C\C/C=C\C/C=C\C/C=C\CCCC(CC(=O)NC(CO)C(O)CCCCCCCCCCCCCCCCCC)OC(=O)CCCCCCCCCCC/C=C/CCCCCCCC. The zero-order valence-corrected chi connectivity index (χ0v) is 47.4. The highest BCUT2D eigenvalue weighted by Gasteiger charge is 2.24. The predicted octanol–water partition coefficient (Wildman–Crippen LogP) is 19.5. The van der Waals surface area contributed by atoms with Gasteiger partial charge in [0, 0.05) is 6.42 Å². The van der Waals surface area contributed by atoms with Crippen LogP contribution in [-0.4, -0.2) is 46.9 Å². The average molecular weight is 995 g/mol. The van der Waals surface area contributed by atoms with E-state index in [1.165, 1.54) is 199 Å². The van der Waals surface area contributed by atoms with Crippen molar-refractivity contribution in [1.82, 2.24) is 5.32 Å². The number of rotatable bonds is 56. The highest BCUT2D eigenvalue weighted by molar-refractivity contribution is 5.77. The highest BCUT2D eigenvalue weighted by Crippen LogP contribution is 2.18. The first-order valence-corrected chi connectivity index (χ1v) is 31.0. The second-order valence-corrected chi connectivity index (χ2v) is 21.1. The molecule has 6 heteroatoms. The molecule has 71 heavy (non-hydrogen) atoms. The first-order chi connectivity index (χ1) is 35.0. The molecule has 0 aromatic carbocycles. The Morgan fingerprint density at radius 2 is 0.732 bits per heavy atom. The van der Waals surface area contributed by atoms with E-state index >= 15 is 0 Å². The van der Waals surface area contributed by atoms with Gasteiger partial charge in [-0.25, -0.2) is 0 Å². The molecular formula is C65H119NO5. The summed E-state index contributed by atoms with van der Waals surface area (Å²) in [4.78, 5) is 26.3. The maximum Gasteiger partial charge on any atom is 0.306 e. The molecule has 3 unspecified atom stereocenters. The first kappa shape index (κ1) is 68.6. The standard InChI is InChI=1S/C65H119NO5/c1-4-7-10-13-16-19-22-25-28-31-32-34-37-40-43-46-49-52-55-58-65(70)71-61(56-53-50-47-44-41-38-35-33-29-26-23-20-17-14-11-8-5-2)59-64(69)66-62(60-67)63(68)57-54-51-48-45-42-39-36-30-27-24-21-18-15-12-9-6-3/h17,20,25-26,28-29,35,38,44,47,61-63,67-68H,4-16,18-19,21-24,27,30-34,36-37,39-43,45-46,48-60H2,1-3H3,(H,66,69)/b20-17-,28-25+,29-26-,38-35-,47-44-. The van der Waals surface area contributed by atoms with Crippen LogP contribution in [-0.2, 0) is 14.3 Å². The third kappa shape index (κ3) is 53.7. The maximum atomic E-state index is 13.3. The van der Waals surface area contributed by atoms with E-state index in [9.17, 15) is 19.8 Å². The molecule has 0 saturated heterocycles. The van der Waals surface area contributed by atoms with Gasteiger partial charge in [0.2, 0.25) is 5.91 Å². The Morgan fingerprint density at radius 1 is 0.408 bits per heavy atom. The third-order valence-electron chi connectivity index (χ3n) is 14.1. The molecule has 0 aliphatic rings. The lowest BCUT2D eigenvalue weighted by Crippen LogP contribution is -2.46. The van der Waals surface area contributed by atoms with E-state index in [1.807, 2.05) is 0 Å². The summed E-state index contributed by atoms with van der Waals surface area (Å²) in [5.74, 6) is -0.519. The van der Waals surface area contributed by atoms with Crippen molar-refractivity contribution < 1.29 is 24.5 Å². The minimum atomic E-state index is -0.805. The number of allylic oxidation sites excluding steroid dienone is 10. The number of unbranched alkanes of at least 4 members (excludes halogenated alkanes) is 34. The molecular weight excluding hydrogens is 875 g/mol. The smallest absolute Gasteiger partial charge is 0.306 e. The van der Waals surface area contributed by atoms with Crippen molar-refractivity contribution >= 4 is 11.9 Å². The van der Waals surface area contributed by atoms with E-state index in [-0.39, 0.29) is 24.9 Å². The Labute approximate surface area is 441 Å². The highest BCUT2D eigenvalue weighted by atomic mass is 16.5. The van der Waals surface area contributed by atoms with Crippen molar-refractivity contribution in [2.45, 2.75) is 334 Å². The lowest BCUT2D eigenvalue weighted by molar-refractivity contribution is -0.151. The maximum absolute atomic E-state index is 13.3. The van der Waals surface area contributed by atoms with Gasteiger partial charge in [-0.2, -0.15) is 0 Å². The van der Waals surface area contributed by atoms with Gasteiger partial charge in [-0.05, 0) is 89.9 Å². The summed E-state index contributed by atoms with van der Waals surface area (Å²) in [6, 6.07) is -0.722. The summed E-state index contributed by atoms with van der Waals surface area (Å²) in [5, 5.41) is 23.9. The van der Waals surface area contributed by atoms with Gasteiger partial charge in [-0.1, -0.05) is 274 Å². The normalized spacial score (nSPS) is 13.5. The van der Waals surface area contributed by atoms with Gasteiger partial charge >= 0.3 is 5.97 Å². The molecule has 0 rings (SSSR count). The average Bonchev–Trinajstić information content (AvgIpc) is 3.36. The van der Waals surface area contributed by atoms with Crippen molar-refractivity contribution in [3.8, 4) is 0 Å². The molecule has 0 aromatic rings. The number of hydrogen-bond acceptors (Lipinski definition) is 5. The van der Waals surface area contributed by atoms with Crippen molar-refractivity contribution in [3.63, 3.8) is 0 Å². The topological polar surface area (TPSA) is 95.9 Å². The molecule has 3 atom stereocenters. The monoisotopic (exact) mass is 994 g/mol. The first-order valence-electron chi connectivity index (χ1n) is 31.0. The minimum absolute atomic E-state index is 0.0398. The van der Waals surface area contributed by atoms with E-state index in [1.54, 1.807) is 0 Å². The van der Waals surface area contributed by atoms with Gasteiger partial charge in [0.15, 0.2) is 0 Å². The molecule has 0 bridgehead atoms. The second kappa shape index (κ2) is 58.4. The summed E-state index contributed by atoms with van der Waals surface area (Å²) in [7, 11) is 0. The Hall–Kier alpha value is -2.44. The molecule has 3 N–H and O–H groups in total. The Morgan fingerprint density at radius 3 is 1.15 bits per heavy atom. The van der Waals surface area contributed by atoms with E-state index in [0.717, 1.165) is 70.6 Å². The van der Waals surface area contributed by atoms with Crippen LogP contribution in [0.1, 0.15) is 316 Å². The number of nitrogens with one attached hydrogen (secondary N) is 1. The molecule has 0 spiro atoms. The summed E-state index contributed by atoms with van der Waals surface area (Å²) < 4.78 is 5.95. The van der Waals surface area contributed by atoms with E-state index in [0.29, 0.717) is 19.3 Å². The fourth-order valence-electron chi connectivity index (χ4n) is 9.36. The van der Waals surface area contributed by atoms with Crippen LogP contribution >= 0.6 is 0 Å². The lowest BCUT2D eigenvalue weighted by atomic mass is 10.0. The van der Waals surface area contributed by atoms with Crippen molar-refractivity contribution in [2.24, 2.45) is 0 Å². The van der Waals surface area contributed by atoms with Crippen LogP contribution in [0.15, 0.2) is 60.8 Å². The second-order valence-electron chi connectivity index (χ2n) is 21.1. The van der Waals surface area contributed by atoms with Gasteiger partial charge in [0.05, 0.1) is 25.2 Å². The number of carbonyl (C=O) groups is 2. The Kier molecular flexibility index (Phi) is 56.4. The van der Waals surface area contributed by atoms with Crippen LogP contribution in [0.2, 0.25) is 0 Å². The Bertz CT molecular complexity index is 1250. The van der Waals surface area contributed by atoms with Crippen molar-refractivity contribution in [1.29, 1.82) is 0 Å². The number of aliphatic hydroxyl groups is 2. The number of amides is 1. The van der Waals surface area contributed by atoms with Gasteiger partial charge in [-0.3, -0.25) is 9.59 Å². The quantitative estimate of drug-likeness (QED) is 0.0321. The molecule has 6 nitrogen and oxygen atoms in total. The summed E-state index contributed by atoms with van der Waals surface area (Å²) in [6.45, 7) is 6.47. The molecule has 0 radical (unpaired) electrons. The fraction of sp³-hybridized carbons (Fsp3) is 0.815. The molecule has 0 saturated carbocycles. The fourth-order valence-corrected chi connectivity index (χ4v) is 9.36. The summed E-state index contributed by atoms with van der Waals surface area (Å²) in [5.41, 5.74) is 0. The van der Waals surface area contributed by atoms with Crippen LogP contribution in [0.25, 0.3) is 0 Å². The van der Waals surface area contributed by atoms with Crippen molar-refractivity contribution in [3.05, 3.63) is 60.8 Å². The van der Waals surface area contributed by atoms with Crippen LogP contribution in [0.4, 0.5) is 0 Å². The predicted molar refractivity (Wildman–Crippen MR) is 310 cm³/mol. The molecule has 0 aliphatic heterocycles. The van der Waals surface area contributed by atoms with Gasteiger partial charge in [-0.15, -0.1) is 0 Å². The number of esters is 1. The number of ether oxygens (including phenoxy) is 1. The lowest BCUT2D eigenvalue weighted by Gasteiger charge is -2.24. The largest absolute Gasteiger partial charge is 0.462 e. The summed E-state index contributed by atoms with van der Waals surface area (Å²) >= 11 is 0. The zero-order valence-electron chi connectivity index (χ0n) is 47.4. The third-order valence-corrected chi connectivity index (χ3v) is 14.1. The molecule has 1 amide bonds. The van der Waals surface area contributed by atoms with E-state index in [4.69, 9.17) is 4.74 Å². The van der Waals surface area contributed by atoms with Crippen LogP contribution < -0.4 is 5.32 Å². The summed E-state index contributed by atoms with van der Waals surface area (Å²) in [6.07, 6.45) is 74.4. The molecule has 0 aliphatic carbocycles. The molecule has 0 aromatic heterocycles.